The number of anilines is 1. The minimum atomic E-state index is -0.383. The molecule has 0 aliphatic heterocycles. The van der Waals surface area contributed by atoms with Gasteiger partial charge in [0.25, 0.3) is 0 Å². The zero-order valence-electron chi connectivity index (χ0n) is 10.7. The van der Waals surface area contributed by atoms with Gasteiger partial charge in [-0.1, -0.05) is 22.0 Å². The Balaban J connectivity index is 1.67. The number of ether oxygens (including phenoxy) is 2. The quantitative estimate of drug-likeness (QED) is 0.641. The van der Waals surface area contributed by atoms with E-state index in [1.165, 1.54) is 10.9 Å². The Morgan fingerprint density at radius 1 is 1.40 bits per heavy atom. The lowest BCUT2D eigenvalue weighted by Crippen LogP contribution is -2.17. The first-order valence-corrected chi connectivity index (χ1v) is 6.75. The highest BCUT2D eigenvalue weighted by Gasteiger charge is 2.05. The molecule has 20 heavy (non-hydrogen) atoms. The Morgan fingerprint density at radius 3 is 2.95 bits per heavy atom. The summed E-state index contributed by atoms with van der Waals surface area (Å²) in [4.78, 5) is 11.5. The number of esters is 1. The number of nitrogens with zero attached hydrogens (tertiary/aromatic N) is 2. The van der Waals surface area contributed by atoms with Crippen molar-refractivity contribution in [3.63, 3.8) is 0 Å². The Morgan fingerprint density at radius 2 is 2.25 bits per heavy atom. The molecule has 0 amide bonds. The molecule has 0 radical (unpaired) electrons. The fraction of sp³-hybridized carbons (Fsp3) is 0.231. The fourth-order valence-corrected chi connectivity index (χ4v) is 1.89. The van der Waals surface area contributed by atoms with Crippen LogP contribution in [0, 0.1) is 0 Å². The molecule has 1 heterocycles. The van der Waals surface area contributed by atoms with Crippen molar-refractivity contribution < 1.29 is 14.3 Å². The Bertz CT molecular complexity index is 586. The molecule has 0 bridgehead atoms. The van der Waals surface area contributed by atoms with E-state index in [0.29, 0.717) is 12.3 Å². The van der Waals surface area contributed by atoms with Gasteiger partial charge in [-0.15, -0.1) is 0 Å². The van der Waals surface area contributed by atoms with Gasteiger partial charge in [0.1, 0.15) is 25.5 Å². The van der Waals surface area contributed by atoms with Crippen molar-refractivity contribution >= 4 is 27.6 Å². The van der Waals surface area contributed by atoms with Crippen LogP contribution in [0.25, 0.3) is 0 Å². The summed E-state index contributed by atoms with van der Waals surface area (Å²) in [6.07, 6.45) is 3.04. The monoisotopic (exact) mass is 339 g/mol. The number of carbonyl (C=O) groups excluding carboxylic acids is 1. The van der Waals surface area contributed by atoms with Gasteiger partial charge in [0.2, 0.25) is 0 Å². The zero-order valence-corrected chi connectivity index (χ0v) is 12.2. The predicted molar refractivity (Wildman–Crippen MR) is 77.2 cm³/mol. The summed E-state index contributed by atoms with van der Waals surface area (Å²) in [5.74, 6) is 0.334. The molecule has 0 atom stereocenters. The van der Waals surface area contributed by atoms with Crippen LogP contribution in [0.15, 0.2) is 41.1 Å². The highest BCUT2D eigenvalue weighted by Crippen LogP contribution is 2.17. The predicted octanol–water partition coefficient (Wildman–Crippen LogP) is 1.85. The van der Waals surface area contributed by atoms with E-state index in [0.717, 1.165) is 10.2 Å². The summed E-state index contributed by atoms with van der Waals surface area (Å²) < 4.78 is 12.8. The van der Waals surface area contributed by atoms with E-state index in [-0.39, 0.29) is 19.1 Å². The lowest BCUT2D eigenvalue weighted by Gasteiger charge is -2.07. The van der Waals surface area contributed by atoms with Crippen LogP contribution in [0.2, 0.25) is 0 Å². The Labute approximate surface area is 124 Å². The normalized spacial score (nSPS) is 10.2. The third-order valence-electron chi connectivity index (χ3n) is 2.36. The second-order valence-corrected chi connectivity index (χ2v) is 4.91. The molecule has 6 nitrogen and oxygen atoms in total. The van der Waals surface area contributed by atoms with Gasteiger partial charge in [-0.3, -0.25) is 9.48 Å². The molecule has 0 spiro atoms. The van der Waals surface area contributed by atoms with Crippen molar-refractivity contribution in [2.75, 3.05) is 18.9 Å². The first-order valence-electron chi connectivity index (χ1n) is 5.95. The molecular weight excluding hydrogens is 326 g/mol. The summed E-state index contributed by atoms with van der Waals surface area (Å²) >= 11 is 3.35. The van der Waals surface area contributed by atoms with Crippen molar-refractivity contribution in [2.45, 2.75) is 6.54 Å². The highest BCUT2D eigenvalue weighted by atomic mass is 79.9. The van der Waals surface area contributed by atoms with Gasteiger partial charge in [0.05, 0.1) is 11.9 Å². The summed E-state index contributed by atoms with van der Waals surface area (Å²) in [5.41, 5.74) is 6.00. The molecule has 0 fully saturated rings. The number of aromatic nitrogens is 2. The Kier molecular flexibility index (Phi) is 5.00. The summed E-state index contributed by atoms with van der Waals surface area (Å²) in [6.45, 7) is 0.514. The smallest absolute Gasteiger partial charge is 0.327 e. The second-order valence-electron chi connectivity index (χ2n) is 4.00. The average Bonchev–Trinajstić information content (AvgIpc) is 2.80. The number of hydrogen-bond acceptors (Lipinski definition) is 5. The van der Waals surface area contributed by atoms with E-state index in [4.69, 9.17) is 15.2 Å². The number of halogens is 1. The number of nitrogens with two attached hydrogens (primary N) is 1. The van der Waals surface area contributed by atoms with Crippen LogP contribution in [0.4, 0.5) is 5.69 Å². The highest BCUT2D eigenvalue weighted by molar-refractivity contribution is 9.10. The minimum Gasteiger partial charge on any atom is -0.490 e. The molecule has 0 saturated heterocycles. The van der Waals surface area contributed by atoms with Gasteiger partial charge in [0.15, 0.2) is 0 Å². The molecule has 2 N–H and O–H groups in total. The van der Waals surface area contributed by atoms with Crippen LogP contribution in [-0.4, -0.2) is 29.0 Å². The van der Waals surface area contributed by atoms with E-state index in [2.05, 4.69) is 21.0 Å². The van der Waals surface area contributed by atoms with E-state index in [1.807, 2.05) is 24.3 Å². The molecule has 1 aromatic heterocycles. The number of rotatable bonds is 6. The Hall–Kier alpha value is -2.02. The number of nitrogen functional groups attached to an aromatic ring is 1. The van der Waals surface area contributed by atoms with Crippen LogP contribution in [0.5, 0.6) is 5.75 Å². The third-order valence-corrected chi connectivity index (χ3v) is 2.85. The number of carbonyl (C=O) groups is 1. The van der Waals surface area contributed by atoms with Gasteiger partial charge in [-0.2, -0.15) is 5.10 Å². The van der Waals surface area contributed by atoms with Crippen molar-refractivity contribution in [3.05, 3.63) is 41.1 Å². The summed E-state index contributed by atoms with van der Waals surface area (Å²) in [7, 11) is 0. The van der Waals surface area contributed by atoms with Crippen LogP contribution in [0.3, 0.4) is 0 Å². The largest absolute Gasteiger partial charge is 0.490 e. The van der Waals surface area contributed by atoms with E-state index < -0.39 is 0 Å². The molecule has 0 aliphatic carbocycles. The van der Waals surface area contributed by atoms with Gasteiger partial charge in [-0.25, -0.2) is 0 Å². The first-order chi connectivity index (χ1) is 9.63. The van der Waals surface area contributed by atoms with Crippen LogP contribution < -0.4 is 10.5 Å². The molecule has 7 heteroatoms. The third kappa shape index (κ3) is 4.58. The second kappa shape index (κ2) is 6.95. The standard InChI is InChI=1S/C13H14BrN3O3/c14-10-2-1-3-12(6-10)19-4-5-20-13(18)9-17-8-11(15)7-16-17/h1-3,6-8H,4-5,9,15H2. The van der Waals surface area contributed by atoms with Crippen molar-refractivity contribution in [1.82, 2.24) is 9.78 Å². The van der Waals surface area contributed by atoms with E-state index >= 15 is 0 Å². The van der Waals surface area contributed by atoms with Gasteiger partial charge in [0, 0.05) is 10.7 Å². The minimum absolute atomic E-state index is 0.0358. The maximum absolute atomic E-state index is 11.5. The van der Waals surface area contributed by atoms with Crippen molar-refractivity contribution in [3.8, 4) is 5.75 Å². The summed E-state index contributed by atoms with van der Waals surface area (Å²) in [6, 6.07) is 7.45. The summed E-state index contributed by atoms with van der Waals surface area (Å²) in [5, 5.41) is 3.90. The van der Waals surface area contributed by atoms with E-state index in [1.54, 1.807) is 6.20 Å². The van der Waals surface area contributed by atoms with Crippen LogP contribution >= 0.6 is 15.9 Å². The lowest BCUT2D eigenvalue weighted by atomic mass is 10.3. The number of benzene rings is 1. The first kappa shape index (κ1) is 14.4. The van der Waals surface area contributed by atoms with Gasteiger partial charge in [-0.05, 0) is 18.2 Å². The SMILES string of the molecule is Nc1cnn(CC(=O)OCCOc2cccc(Br)c2)c1. The lowest BCUT2D eigenvalue weighted by molar-refractivity contribution is -0.145. The molecule has 106 valence electrons. The number of hydrogen-bond donors (Lipinski definition) is 1. The fourth-order valence-electron chi connectivity index (χ4n) is 1.52. The average molecular weight is 340 g/mol. The maximum Gasteiger partial charge on any atom is 0.327 e. The molecular formula is C13H14BrN3O3. The molecule has 2 rings (SSSR count). The molecule has 1 aromatic carbocycles. The van der Waals surface area contributed by atoms with Gasteiger partial charge < -0.3 is 15.2 Å². The molecule has 0 unspecified atom stereocenters. The molecule has 0 aliphatic rings. The molecule has 0 saturated carbocycles. The maximum atomic E-state index is 11.5. The van der Waals surface area contributed by atoms with Crippen molar-refractivity contribution in [1.29, 1.82) is 0 Å². The molecule has 2 aromatic rings. The van der Waals surface area contributed by atoms with Crippen LogP contribution in [-0.2, 0) is 16.1 Å². The topological polar surface area (TPSA) is 79.4 Å². The van der Waals surface area contributed by atoms with E-state index in [9.17, 15) is 4.79 Å². The van der Waals surface area contributed by atoms with Gasteiger partial charge >= 0.3 is 5.97 Å². The van der Waals surface area contributed by atoms with Crippen LogP contribution in [0.1, 0.15) is 0 Å². The zero-order chi connectivity index (χ0) is 14.4. The van der Waals surface area contributed by atoms with Crippen molar-refractivity contribution in [2.24, 2.45) is 0 Å².